The molecule has 3 N–H and O–H groups in total. The topological polar surface area (TPSA) is 118 Å². The Hall–Kier alpha value is -3.66. The summed E-state index contributed by atoms with van der Waals surface area (Å²) in [7, 11) is -1.13. The summed E-state index contributed by atoms with van der Waals surface area (Å²) in [6.07, 6.45) is 1.76. The Morgan fingerprint density at radius 1 is 1.14 bits per heavy atom. The van der Waals surface area contributed by atoms with Crippen molar-refractivity contribution >= 4 is 58.8 Å². The van der Waals surface area contributed by atoms with E-state index in [4.69, 9.17) is 21.1 Å². The van der Waals surface area contributed by atoms with Crippen LogP contribution in [0.4, 0.5) is 33.2 Å². The maximum atomic E-state index is 14.0. The highest BCUT2D eigenvalue weighted by Crippen LogP contribution is 2.40. The highest BCUT2D eigenvalue weighted by atomic mass is 35.5. The first-order valence-corrected chi connectivity index (χ1v) is 16.3. The van der Waals surface area contributed by atoms with Crippen LogP contribution >= 0.6 is 18.7 Å². The molecule has 1 amide bonds. The molecule has 10 nitrogen and oxygen atoms in total. The van der Waals surface area contributed by atoms with E-state index >= 15 is 0 Å². The first-order chi connectivity index (χ1) is 20.0. The van der Waals surface area contributed by atoms with Crippen LogP contribution < -0.4 is 30.7 Å². The van der Waals surface area contributed by atoms with E-state index in [0.29, 0.717) is 29.0 Å². The van der Waals surface area contributed by atoms with Crippen LogP contribution in [0.2, 0.25) is 5.02 Å². The summed E-state index contributed by atoms with van der Waals surface area (Å²) in [5, 5.41) is 9.85. The first-order valence-electron chi connectivity index (χ1n) is 13.3. The number of carbonyl (C=O) groups excluding carboxylic acids is 1. The molecule has 0 aliphatic rings. The molecule has 1 unspecified atom stereocenters. The summed E-state index contributed by atoms with van der Waals surface area (Å²) < 4.78 is 38.4. The molecule has 0 spiro atoms. The number of nitrogens with zero attached hydrogens (tertiary/aromatic N) is 3. The van der Waals surface area contributed by atoms with Crippen molar-refractivity contribution in [3.05, 3.63) is 60.3 Å². The Labute approximate surface area is 251 Å². The molecule has 3 rings (SSSR count). The molecule has 3 aromatic rings. The molecule has 0 aliphatic heterocycles. The normalized spacial score (nSPS) is 12.0. The summed E-state index contributed by atoms with van der Waals surface area (Å²) in [5.41, 5.74) is 1.27. The van der Waals surface area contributed by atoms with Gasteiger partial charge in [0.1, 0.15) is 36.4 Å². The van der Waals surface area contributed by atoms with E-state index in [1.165, 1.54) is 13.3 Å². The van der Waals surface area contributed by atoms with Gasteiger partial charge in [-0.1, -0.05) is 44.2 Å². The Bertz CT molecular complexity index is 1450. The molecule has 0 fully saturated rings. The van der Waals surface area contributed by atoms with Crippen LogP contribution in [0.25, 0.3) is 0 Å². The van der Waals surface area contributed by atoms with Gasteiger partial charge in [0, 0.05) is 17.9 Å². The number of rotatable bonds is 15. The Morgan fingerprint density at radius 3 is 2.48 bits per heavy atom. The van der Waals surface area contributed by atoms with E-state index in [0.717, 1.165) is 19.2 Å². The van der Waals surface area contributed by atoms with E-state index in [9.17, 15) is 13.8 Å². The molecule has 226 valence electrons. The van der Waals surface area contributed by atoms with Crippen molar-refractivity contribution in [3.63, 3.8) is 0 Å². The third kappa shape index (κ3) is 8.67. The van der Waals surface area contributed by atoms with Gasteiger partial charge in [-0.15, -0.1) is 0 Å². The largest absolute Gasteiger partial charge is 0.494 e. The summed E-state index contributed by atoms with van der Waals surface area (Å²) in [5.74, 6) is 0.525. The van der Waals surface area contributed by atoms with E-state index < -0.39 is 25.8 Å². The van der Waals surface area contributed by atoms with Crippen molar-refractivity contribution in [1.29, 1.82) is 0 Å². The summed E-state index contributed by atoms with van der Waals surface area (Å²) in [4.78, 5) is 23.1. The number of nitrogens with one attached hydrogen (secondary N) is 3. The molecular weight excluding hydrogens is 582 g/mol. The maximum absolute atomic E-state index is 14.0. The number of ether oxygens (including phenoxy) is 2. The number of amides is 1. The minimum atomic E-state index is -2.60. The summed E-state index contributed by atoms with van der Waals surface area (Å²) in [6.45, 7) is 12.0. The Kier molecular flexibility index (Phi) is 11.7. The number of likely N-dealkylation sites (N-methyl/N-ethyl adjacent to an activating group) is 1. The van der Waals surface area contributed by atoms with Crippen LogP contribution in [0.1, 0.15) is 13.8 Å². The van der Waals surface area contributed by atoms with E-state index in [-0.39, 0.29) is 28.2 Å². The summed E-state index contributed by atoms with van der Waals surface area (Å²) >= 11 is 6.40. The maximum Gasteiger partial charge on any atom is 0.247 e. The molecule has 13 heteroatoms. The molecule has 0 radical (unpaired) electrons. The fraction of sp³-hybridized carbons (Fsp3) is 0.345. The van der Waals surface area contributed by atoms with Gasteiger partial charge in [0.25, 0.3) is 0 Å². The van der Waals surface area contributed by atoms with Crippen LogP contribution in [-0.2, 0) is 9.36 Å². The highest BCUT2D eigenvalue weighted by Gasteiger charge is 2.21. The van der Waals surface area contributed by atoms with Crippen LogP contribution in [0.5, 0.6) is 11.5 Å². The average molecular weight is 619 g/mol. The van der Waals surface area contributed by atoms with Gasteiger partial charge in [-0.25, -0.2) is 9.37 Å². The van der Waals surface area contributed by atoms with Crippen LogP contribution in [0, 0.1) is 0 Å². The quantitative estimate of drug-likeness (QED) is 0.138. The van der Waals surface area contributed by atoms with E-state index in [1.54, 1.807) is 37.6 Å². The van der Waals surface area contributed by atoms with Gasteiger partial charge in [0.2, 0.25) is 11.9 Å². The van der Waals surface area contributed by atoms with Crippen molar-refractivity contribution in [1.82, 2.24) is 14.9 Å². The van der Waals surface area contributed by atoms with Gasteiger partial charge >= 0.3 is 0 Å². The molecule has 42 heavy (non-hydrogen) atoms. The van der Waals surface area contributed by atoms with Crippen molar-refractivity contribution in [2.24, 2.45) is 0 Å². The lowest BCUT2D eigenvalue weighted by molar-refractivity contribution is -0.111. The highest BCUT2D eigenvalue weighted by molar-refractivity contribution is 7.70. The lowest BCUT2D eigenvalue weighted by atomic mass is 10.2. The smallest absolute Gasteiger partial charge is 0.247 e. The van der Waals surface area contributed by atoms with Gasteiger partial charge in [-0.05, 0) is 50.7 Å². The Morgan fingerprint density at radius 2 is 1.86 bits per heavy atom. The number of alkyl halides is 1. The lowest BCUT2D eigenvalue weighted by Crippen LogP contribution is -2.37. The number of hydrogen-bond acceptors (Lipinski definition) is 9. The van der Waals surface area contributed by atoms with Crippen molar-refractivity contribution in [3.8, 4) is 11.5 Å². The summed E-state index contributed by atoms with van der Waals surface area (Å²) in [6, 6.07) is 10.3. The molecule has 0 saturated carbocycles. The number of aromatic nitrogens is 2. The van der Waals surface area contributed by atoms with Gasteiger partial charge < -0.3 is 34.9 Å². The number of hydrogen-bond donors (Lipinski definition) is 3. The minimum absolute atomic E-state index is 0.159. The number of anilines is 5. The van der Waals surface area contributed by atoms with Crippen molar-refractivity contribution in [2.45, 2.75) is 20.0 Å². The zero-order valence-electron chi connectivity index (χ0n) is 24.4. The second-order valence-electron chi connectivity index (χ2n) is 9.63. The number of carbonyl (C=O) groups is 1. The first kappa shape index (κ1) is 32.8. The number of benzene rings is 2. The standard InChI is InChI=1S/C29H37ClFN6O4P/c1-7-27(38)33-23-14-22(24(40-4)15-25(23)41-19(16-31)18-37(8-2)9-3)35-29-32-17-20(30)28(36-29)34-21-12-10-11-13-26(21)42(5,6)39/h7,10-15,17,19H,1,8-9,16,18H2,2-6H3,(H,33,38)(H2,32,34,35,36). The van der Waals surface area contributed by atoms with Crippen molar-refractivity contribution in [2.75, 3.05) is 62.7 Å². The van der Waals surface area contributed by atoms with Crippen LogP contribution in [0.15, 0.2) is 55.3 Å². The molecule has 0 saturated heterocycles. The van der Waals surface area contributed by atoms with E-state index in [1.807, 2.05) is 30.9 Å². The lowest BCUT2D eigenvalue weighted by Gasteiger charge is -2.25. The second kappa shape index (κ2) is 15.0. The fourth-order valence-corrected chi connectivity index (χ4v) is 5.38. The number of methoxy groups -OCH3 is 1. The van der Waals surface area contributed by atoms with E-state index in [2.05, 4.69) is 32.5 Å². The number of para-hydroxylation sites is 1. The van der Waals surface area contributed by atoms with Gasteiger partial charge in [0.05, 0.1) is 30.4 Å². The average Bonchev–Trinajstić information content (AvgIpc) is 2.97. The predicted molar refractivity (Wildman–Crippen MR) is 169 cm³/mol. The van der Waals surface area contributed by atoms with Crippen molar-refractivity contribution < 1.29 is 23.2 Å². The molecule has 2 aromatic carbocycles. The Balaban J connectivity index is 1.97. The third-order valence-electron chi connectivity index (χ3n) is 6.29. The predicted octanol–water partition coefficient (Wildman–Crippen LogP) is 6.06. The van der Waals surface area contributed by atoms with Gasteiger partial charge in [-0.2, -0.15) is 4.98 Å². The zero-order chi connectivity index (χ0) is 30.9. The fourth-order valence-electron chi connectivity index (χ4n) is 4.09. The van der Waals surface area contributed by atoms with Gasteiger partial charge in [0.15, 0.2) is 5.82 Å². The van der Waals surface area contributed by atoms with Crippen LogP contribution in [-0.4, -0.2) is 73.6 Å². The second-order valence-corrected chi connectivity index (χ2v) is 13.2. The SMILES string of the molecule is C=CC(=O)Nc1cc(Nc2ncc(Cl)c(Nc3ccccc3P(C)(C)=O)n2)c(OC)cc1OC(CF)CN(CC)CC. The molecule has 0 aliphatic carbocycles. The third-order valence-corrected chi connectivity index (χ3v) is 8.12. The minimum Gasteiger partial charge on any atom is -0.494 e. The monoisotopic (exact) mass is 618 g/mol. The molecule has 1 atom stereocenters. The number of halogens is 2. The molecule has 1 heterocycles. The molecule has 0 bridgehead atoms. The zero-order valence-corrected chi connectivity index (χ0v) is 26.1. The molecule has 1 aromatic heterocycles. The van der Waals surface area contributed by atoms with Crippen LogP contribution in [0.3, 0.4) is 0 Å². The molecular formula is C29H37ClFN6O4P. The van der Waals surface area contributed by atoms with Gasteiger partial charge in [-0.3, -0.25) is 4.79 Å².